The van der Waals surface area contributed by atoms with Crippen LogP contribution in [0, 0.1) is 0 Å². The molecule has 0 radical (unpaired) electrons. The number of aromatic nitrogens is 2. The molecule has 0 bridgehead atoms. The van der Waals surface area contributed by atoms with Crippen molar-refractivity contribution in [3.8, 4) is 5.75 Å². The minimum atomic E-state index is -2.89. The summed E-state index contributed by atoms with van der Waals surface area (Å²) in [6, 6.07) is 4.36. The number of ether oxygens (including phenoxy) is 1. The van der Waals surface area contributed by atoms with Crippen LogP contribution in [0.2, 0.25) is 0 Å². The largest absolute Gasteiger partial charge is 0.435 e. The molecule has 0 amide bonds. The van der Waals surface area contributed by atoms with Crippen molar-refractivity contribution in [3.05, 3.63) is 34.7 Å². The van der Waals surface area contributed by atoms with Crippen molar-refractivity contribution in [1.82, 2.24) is 9.55 Å². The second-order valence-corrected chi connectivity index (χ2v) is 4.61. The molecule has 0 aliphatic carbocycles. The highest BCUT2D eigenvalue weighted by atomic mass is 79.9. The van der Waals surface area contributed by atoms with Gasteiger partial charge in [-0.3, -0.25) is 4.79 Å². The summed E-state index contributed by atoms with van der Waals surface area (Å²) in [4.78, 5) is 15.8. The first kappa shape index (κ1) is 13.9. The third-order valence-electron chi connectivity index (χ3n) is 2.56. The summed E-state index contributed by atoms with van der Waals surface area (Å²) in [5.74, 6) is 0.0162. The highest BCUT2D eigenvalue weighted by Gasteiger charge is 2.08. The van der Waals surface area contributed by atoms with Gasteiger partial charge in [-0.2, -0.15) is 8.78 Å². The number of alkyl halides is 3. The molecule has 102 valence electrons. The summed E-state index contributed by atoms with van der Waals surface area (Å²) in [5, 5.41) is 0.747. The van der Waals surface area contributed by atoms with Gasteiger partial charge in [0.25, 0.3) is 5.56 Å². The first-order valence-electron chi connectivity index (χ1n) is 5.62. The molecule has 0 N–H and O–H groups in total. The van der Waals surface area contributed by atoms with Crippen molar-refractivity contribution in [1.29, 1.82) is 0 Å². The van der Waals surface area contributed by atoms with Crippen LogP contribution in [0.15, 0.2) is 29.2 Å². The second-order valence-electron chi connectivity index (χ2n) is 3.82. The molecule has 1 aromatic heterocycles. The van der Waals surface area contributed by atoms with Crippen LogP contribution in [0.1, 0.15) is 6.42 Å². The molecule has 4 nitrogen and oxygen atoms in total. The van der Waals surface area contributed by atoms with Crippen LogP contribution in [-0.2, 0) is 6.54 Å². The number of aryl methyl sites for hydroxylation is 1. The Kier molecular flexibility index (Phi) is 4.47. The lowest BCUT2D eigenvalue weighted by Crippen LogP contribution is -2.20. The molecular weight excluding hydrogens is 322 g/mol. The molecule has 2 aromatic rings. The van der Waals surface area contributed by atoms with Gasteiger partial charge in [-0.05, 0) is 18.6 Å². The topological polar surface area (TPSA) is 44.1 Å². The fourth-order valence-corrected chi connectivity index (χ4v) is 2.02. The Balaban J connectivity index is 2.50. The molecule has 0 atom stereocenters. The van der Waals surface area contributed by atoms with Gasteiger partial charge in [0.2, 0.25) is 0 Å². The normalized spacial score (nSPS) is 11.2. The van der Waals surface area contributed by atoms with Gasteiger partial charge in [-0.25, -0.2) is 4.98 Å². The molecule has 0 aliphatic rings. The van der Waals surface area contributed by atoms with E-state index in [1.807, 2.05) is 0 Å². The molecule has 0 spiro atoms. The van der Waals surface area contributed by atoms with E-state index in [1.165, 1.54) is 22.9 Å². The van der Waals surface area contributed by atoms with Gasteiger partial charge in [0.05, 0.1) is 17.2 Å². The summed E-state index contributed by atoms with van der Waals surface area (Å²) < 4.78 is 30.2. The van der Waals surface area contributed by atoms with E-state index in [-0.39, 0.29) is 11.3 Å². The number of nitrogens with zero attached hydrogens (tertiary/aromatic N) is 2. The van der Waals surface area contributed by atoms with E-state index in [4.69, 9.17) is 0 Å². The zero-order valence-corrected chi connectivity index (χ0v) is 11.4. The van der Waals surface area contributed by atoms with Crippen molar-refractivity contribution < 1.29 is 13.5 Å². The molecule has 0 aliphatic heterocycles. The zero-order valence-electron chi connectivity index (χ0n) is 9.85. The summed E-state index contributed by atoms with van der Waals surface area (Å²) >= 11 is 3.29. The van der Waals surface area contributed by atoms with Gasteiger partial charge in [0, 0.05) is 17.9 Å². The number of hydrogen-bond acceptors (Lipinski definition) is 3. The summed E-state index contributed by atoms with van der Waals surface area (Å²) in [5.41, 5.74) is 0.796. The van der Waals surface area contributed by atoms with Crippen LogP contribution >= 0.6 is 15.9 Å². The fourth-order valence-electron chi connectivity index (χ4n) is 1.77. The maximum absolute atomic E-state index is 12.2. The Labute approximate surface area is 116 Å². The maximum atomic E-state index is 12.2. The first-order chi connectivity index (χ1) is 9.11. The van der Waals surface area contributed by atoms with Crippen molar-refractivity contribution in [3.63, 3.8) is 0 Å². The molecule has 19 heavy (non-hydrogen) atoms. The second kappa shape index (κ2) is 6.10. The lowest BCUT2D eigenvalue weighted by Gasteiger charge is -2.10. The molecule has 0 fully saturated rings. The first-order valence-corrected chi connectivity index (χ1v) is 6.74. The van der Waals surface area contributed by atoms with Crippen molar-refractivity contribution in [2.45, 2.75) is 19.6 Å². The van der Waals surface area contributed by atoms with E-state index < -0.39 is 6.61 Å². The number of fused-ring (bicyclic) bond motifs is 1. The van der Waals surface area contributed by atoms with E-state index in [0.29, 0.717) is 17.6 Å². The van der Waals surface area contributed by atoms with Crippen LogP contribution in [0.4, 0.5) is 8.78 Å². The van der Waals surface area contributed by atoms with Crippen LogP contribution in [0.5, 0.6) is 5.75 Å². The summed E-state index contributed by atoms with van der Waals surface area (Å²) in [7, 11) is 0. The Morgan fingerprint density at radius 2 is 2.21 bits per heavy atom. The van der Waals surface area contributed by atoms with E-state index in [1.54, 1.807) is 6.07 Å². The molecule has 0 unspecified atom stereocenters. The van der Waals surface area contributed by atoms with Gasteiger partial charge in [0.1, 0.15) is 5.75 Å². The number of hydrogen-bond donors (Lipinski definition) is 0. The number of rotatable bonds is 5. The monoisotopic (exact) mass is 332 g/mol. The molecule has 7 heteroatoms. The van der Waals surface area contributed by atoms with Gasteiger partial charge in [-0.15, -0.1) is 0 Å². The standard InChI is InChI=1S/C12H11BrF2N2O2/c13-4-1-5-17-10-6-8(19-12(14)15)2-3-9(10)16-7-11(17)18/h2-3,6-7,12H,1,4-5H2. The average molecular weight is 333 g/mol. The summed E-state index contributed by atoms with van der Waals surface area (Å²) in [6.07, 6.45) is 1.98. The Morgan fingerprint density at radius 3 is 2.89 bits per heavy atom. The van der Waals surface area contributed by atoms with Gasteiger partial charge >= 0.3 is 6.61 Å². The number of halogens is 3. The smallest absolute Gasteiger partial charge is 0.387 e. The van der Waals surface area contributed by atoms with Gasteiger partial charge in [-0.1, -0.05) is 15.9 Å². The van der Waals surface area contributed by atoms with E-state index >= 15 is 0 Å². The predicted molar refractivity (Wildman–Crippen MR) is 71.0 cm³/mol. The lowest BCUT2D eigenvalue weighted by atomic mass is 10.2. The number of benzene rings is 1. The van der Waals surface area contributed by atoms with Gasteiger partial charge in [0.15, 0.2) is 0 Å². The van der Waals surface area contributed by atoms with E-state index in [0.717, 1.165) is 11.8 Å². The molecule has 1 heterocycles. The van der Waals surface area contributed by atoms with Crippen LogP contribution in [0.3, 0.4) is 0 Å². The molecule has 0 saturated carbocycles. The lowest BCUT2D eigenvalue weighted by molar-refractivity contribution is -0.0497. The minimum absolute atomic E-state index is 0.0162. The molecule has 0 saturated heterocycles. The van der Waals surface area contributed by atoms with Crippen molar-refractivity contribution >= 4 is 27.0 Å². The van der Waals surface area contributed by atoms with Gasteiger partial charge < -0.3 is 9.30 Å². The van der Waals surface area contributed by atoms with Crippen molar-refractivity contribution in [2.24, 2.45) is 0 Å². The highest BCUT2D eigenvalue weighted by Crippen LogP contribution is 2.20. The van der Waals surface area contributed by atoms with Crippen LogP contribution in [-0.4, -0.2) is 21.5 Å². The van der Waals surface area contributed by atoms with Crippen LogP contribution in [0.25, 0.3) is 11.0 Å². The zero-order chi connectivity index (χ0) is 13.8. The van der Waals surface area contributed by atoms with E-state index in [2.05, 4.69) is 25.7 Å². The minimum Gasteiger partial charge on any atom is -0.435 e. The quantitative estimate of drug-likeness (QED) is 0.791. The SMILES string of the molecule is O=c1cnc2ccc(OC(F)F)cc2n1CCCBr. The van der Waals surface area contributed by atoms with Crippen LogP contribution < -0.4 is 10.3 Å². The third kappa shape index (κ3) is 3.28. The Morgan fingerprint density at radius 1 is 1.42 bits per heavy atom. The van der Waals surface area contributed by atoms with Crippen molar-refractivity contribution in [2.75, 3.05) is 5.33 Å². The Bertz CT molecular complexity index is 631. The third-order valence-corrected chi connectivity index (χ3v) is 3.12. The molecule has 1 aromatic carbocycles. The average Bonchev–Trinajstić information content (AvgIpc) is 2.37. The maximum Gasteiger partial charge on any atom is 0.387 e. The summed E-state index contributed by atoms with van der Waals surface area (Å²) in [6.45, 7) is -2.40. The fraction of sp³-hybridized carbons (Fsp3) is 0.333. The predicted octanol–water partition coefficient (Wildman–Crippen LogP) is 2.78. The van der Waals surface area contributed by atoms with E-state index in [9.17, 15) is 13.6 Å². The molecule has 2 rings (SSSR count). The highest BCUT2D eigenvalue weighted by molar-refractivity contribution is 9.09. The Hall–Kier alpha value is -1.50. The molecular formula is C12H11BrF2N2O2.